The number of aromatic nitrogens is 1. The molecule has 0 fully saturated rings. The molecule has 3 aromatic rings. The maximum absolute atomic E-state index is 12.0. The number of carbonyl (C=O) groups is 1. The van der Waals surface area contributed by atoms with Crippen LogP contribution in [0.3, 0.4) is 0 Å². The van der Waals surface area contributed by atoms with Crippen molar-refractivity contribution in [1.82, 2.24) is 4.98 Å². The molecule has 0 saturated carbocycles. The molecule has 0 bridgehead atoms. The van der Waals surface area contributed by atoms with Gasteiger partial charge in [-0.05, 0) is 51.1 Å². The van der Waals surface area contributed by atoms with E-state index in [1.54, 1.807) is 27.0 Å². The first-order valence-corrected chi connectivity index (χ1v) is 9.44. The van der Waals surface area contributed by atoms with Gasteiger partial charge in [0.15, 0.2) is 5.60 Å². The summed E-state index contributed by atoms with van der Waals surface area (Å²) in [4.78, 5) is 18.4. The van der Waals surface area contributed by atoms with E-state index in [0.29, 0.717) is 17.4 Å². The zero-order chi connectivity index (χ0) is 20.3. The quantitative estimate of drug-likeness (QED) is 0.522. The Morgan fingerprint density at radius 3 is 2.50 bits per heavy atom. The number of fused-ring (bicyclic) bond motifs is 1. The highest BCUT2D eigenvalue weighted by Gasteiger charge is 2.31. The third kappa shape index (κ3) is 4.04. The molecule has 0 N–H and O–H groups in total. The average molecular weight is 399 g/mol. The fourth-order valence-electron chi connectivity index (χ4n) is 2.85. The van der Waals surface area contributed by atoms with Gasteiger partial charge in [-0.3, -0.25) is 4.98 Å². The minimum absolute atomic E-state index is 0.315. The maximum Gasteiger partial charge on any atom is 0.349 e. The molecule has 0 spiro atoms. The van der Waals surface area contributed by atoms with Crippen LogP contribution in [0.25, 0.3) is 10.9 Å². The topological polar surface area (TPSA) is 51.7 Å². The van der Waals surface area contributed by atoms with Crippen LogP contribution in [0, 0.1) is 0 Å². The fraction of sp³-hybridized carbons (Fsp3) is 0.273. The first-order chi connectivity index (χ1) is 13.3. The molecule has 0 aliphatic rings. The second kappa shape index (κ2) is 8.07. The van der Waals surface area contributed by atoms with E-state index >= 15 is 0 Å². The summed E-state index contributed by atoms with van der Waals surface area (Å²) in [5, 5.41) is 1.56. The highest BCUT2D eigenvalue weighted by atomic mass is 35.5. The molecule has 6 heteroatoms. The van der Waals surface area contributed by atoms with Crippen molar-refractivity contribution in [3.63, 3.8) is 0 Å². The summed E-state index contributed by atoms with van der Waals surface area (Å²) < 4.78 is 10.9. The van der Waals surface area contributed by atoms with Gasteiger partial charge in [-0.1, -0.05) is 29.8 Å². The smallest absolute Gasteiger partial charge is 0.349 e. The first-order valence-electron chi connectivity index (χ1n) is 9.06. The third-order valence-electron chi connectivity index (χ3n) is 4.42. The Balaban J connectivity index is 1.82. The Labute approximate surface area is 169 Å². The molecule has 3 rings (SSSR count). The van der Waals surface area contributed by atoms with Crippen molar-refractivity contribution < 1.29 is 14.3 Å². The Bertz CT molecular complexity index is 987. The summed E-state index contributed by atoms with van der Waals surface area (Å²) in [6.45, 7) is 5.46. The van der Waals surface area contributed by atoms with E-state index in [4.69, 9.17) is 21.1 Å². The largest absolute Gasteiger partial charge is 0.476 e. The average Bonchev–Trinajstić information content (AvgIpc) is 2.68. The molecule has 1 heterocycles. The number of rotatable bonds is 6. The molecule has 0 saturated heterocycles. The second-order valence-corrected chi connectivity index (χ2v) is 7.24. The number of hydrogen-bond acceptors (Lipinski definition) is 5. The number of pyridine rings is 1. The lowest BCUT2D eigenvalue weighted by atomic mass is 10.1. The van der Waals surface area contributed by atoms with Crippen LogP contribution < -0.4 is 9.64 Å². The predicted molar refractivity (Wildman–Crippen MR) is 113 cm³/mol. The molecule has 0 atom stereocenters. The molecule has 2 aromatic carbocycles. The lowest BCUT2D eigenvalue weighted by molar-refractivity contribution is -0.158. The van der Waals surface area contributed by atoms with Gasteiger partial charge in [-0.25, -0.2) is 4.79 Å². The van der Waals surface area contributed by atoms with E-state index in [2.05, 4.69) is 4.98 Å². The van der Waals surface area contributed by atoms with Gasteiger partial charge < -0.3 is 14.4 Å². The molecule has 0 radical (unpaired) electrons. The van der Waals surface area contributed by atoms with Crippen LogP contribution in [0.15, 0.2) is 54.7 Å². The van der Waals surface area contributed by atoms with Crippen LogP contribution in [0.5, 0.6) is 5.75 Å². The first kappa shape index (κ1) is 20.0. The third-order valence-corrected chi connectivity index (χ3v) is 4.81. The van der Waals surface area contributed by atoms with Crippen molar-refractivity contribution in [2.24, 2.45) is 0 Å². The SMILES string of the molecule is CCOC(=O)C(C)(C)Oc1ccc(N(C)c2cnc3ccccc3c2Cl)cc1. The molecule has 1 aromatic heterocycles. The highest BCUT2D eigenvalue weighted by molar-refractivity contribution is 6.38. The van der Waals surface area contributed by atoms with Crippen molar-refractivity contribution in [2.45, 2.75) is 26.4 Å². The van der Waals surface area contributed by atoms with Gasteiger partial charge in [-0.15, -0.1) is 0 Å². The lowest BCUT2D eigenvalue weighted by Crippen LogP contribution is -2.39. The lowest BCUT2D eigenvalue weighted by Gasteiger charge is -2.25. The zero-order valence-electron chi connectivity index (χ0n) is 16.4. The van der Waals surface area contributed by atoms with Gasteiger partial charge in [-0.2, -0.15) is 0 Å². The minimum atomic E-state index is -1.06. The number of benzene rings is 2. The molecular formula is C22H23ClN2O3. The number of halogens is 1. The van der Waals surface area contributed by atoms with Crippen LogP contribution in [0.4, 0.5) is 11.4 Å². The Kier molecular flexibility index (Phi) is 5.75. The van der Waals surface area contributed by atoms with Crippen LogP contribution >= 0.6 is 11.6 Å². The fourth-order valence-corrected chi connectivity index (χ4v) is 3.18. The molecule has 146 valence electrons. The molecule has 0 aliphatic heterocycles. The van der Waals surface area contributed by atoms with Crippen molar-refractivity contribution in [3.05, 3.63) is 59.8 Å². The molecule has 0 aliphatic carbocycles. The zero-order valence-corrected chi connectivity index (χ0v) is 17.2. The van der Waals surface area contributed by atoms with Crippen LogP contribution in [0.2, 0.25) is 5.02 Å². The number of anilines is 2. The van der Waals surface area contributed by atoms with Gasteiger partial charge in [0, 0.05) is 18.1 Å². The van der Waals surface area contributed by atoms with E-state index in [9.17, 15) is 4.79 Å². The number of hydrogen-bond donors (Lipinski definition) is 0. The van der Waals surface area contributed by atoms with Gasteiger partial charge in [0.1, 0.15) is 5.75 Å². The number of esters is 1. The van der Waals surface area contributed by atoms with Crippen LogP contribution in [-0.4, -0.2) is 30.2 Å². The Hall–Kier alpha value is -2.79. The monoisotopic (exact) mass is 398 g/mol. The number of para-hydroxylation sites is 1. The summed E-state index contributed by atoms with van der Waals surface area (Å²) in [5.41, 5.74) is 1.52. The standard InChI is InChI=1S/C22H23ClN2O3/c1-5-27-21(26)22(2,3)28-16-12-10-15(11-13-16)25(4)19-14-24-18-9-7-6-8-17(18)20(19)23/h6-14H,5H2,1-4H3. The van der Waals surface area contributed by atoms with Crippen molar-refractivity contribution in [1.29, 1.82) is 0 Å². The van der Waals surface area contributed by atoms with E-state index in [1.165, 1.54) is 0 Å². The van der Waals surface area contributed by atoms with Crippen molar-refractivity contribution >= 4 is 39.8 Å². The van der Waals surface area contributed by atoms with E-state index in [-0.39, 0.29) is 0 Å². The van der Waals surface area contributed by atoms with E-state index in [0.717, 1.165) is 22.3 Å². The minimum Gasteiger partial charge on any atom is -0.476 e. The van der Waals surface area contributed by atoms with Gasteiger partial charge in [0.2, 0.25) is 0 Å². The number of carbonyl (C=O) groups excluding carboxylic acids is 1. The molecule has 28 heavy (non-hydrogen) atoms. The van der Waals surface area contributed by atoms with E-state index < -0.39 is 11.6 Å². The maximum atomic E-state index is 12.0. The van der Waals surface area contributed by atoms with Gasteiger partial charge in [0.05, 0.1) is 29.0 Å². The molecule has 0 unspecified atom stereocenters. The van der Waals surface area contributed by atoms with Crippen LogP contribution in [0.1, 0.15) is 20.8 Å². The summed E-state index contributed by atoms with van der Waals surface area (Å²) in [5.74, 6) is 0.183. The summed E-state index contributed by atoms with van der Waals surface area (Å²) in [6.07, 6.45) is 1.76. The van der Waals surface area contributed by atoms with Crippen LogP contribution in [-0.2, 0) is 9.53 Å². The summed E-state index contributed by atoms with van der Waals surface area (Å²) >= 11 is 6.61. The molecule has 0 amide bonds. The van der Waals surface area contributed by atoms with Gasteiger partial charge in [0.25, 0.3) is 0 Å². The summed E-state index contributed by atoms with van der Waals surface area (Å²) in [6, 6.07) is 15.2. The van der Waals surface area contributed by atoms with Gasteiger partial charge >= 0.3 is 5.97 Å². The van der Waals surface area contributed by atoms with Crippen molar-refractivity contribution in [2.75, 3.05) is 18.6 Å². The second-order valence-electron chi connectivity index (χ2n) is 6.86. The summed E-state index contributed by atoms with van der Waals surface area (Å²) in [7, 11) is 1.93. The molecular weight excluding hydrogens is 376 g/mol. The molecule has 5 nitrogen and oxygen atoms in total. The Morgan fingerprint density at radius 2 is 1.82 bits per heavy atom. The predicted octanol–water partition coefficient (Wildman–Crippen LogP) is 5.38. The highest BCUT2D eigenvalue weighted by Crippen LogP contribution is 2.35. The number of ether oxygens (including phenoxy) is 2. The van der Waals surface area contributed by atoms with Crippen molar-refractivity contribution in [3.8, 4) is 5.75 Å². The van der Waals surface area contributed by atoms with E-state index in [1.807, 2.05) is 60.5 Å². The number of nitrogens with zero attached hydrogens (tertiary/aromatic N) is 2. The normalized spacial score (nSPS) is 11.3. The Morgan fingerprint density at radius 1 is 1.14 bits per heavy atom.